The van der Waals surface area contributed by atoms with Gasteiger partial charge in [-0.1, -0.05) is 11.8 Å². The van der Waals surface area contributed by atoms with E-state index in [1.165, 1.54) is 7.11 Å². The number of carboxylic acids is 1. The average Bonchev–Trinajstić information content (AvgIpc) is 2.80. The number of hydrogen-bond acceptors (Lipinski definition) is 6. The van der Waals surface area contributed by atoms with Gasteiger partial charge in [0.05, 0.1) is 7.11 Å². The lowest BCUT2D eigenvalue weighted by molar-refractivity contribution is -0.144. The van der Waals surface area contributed by atoms with Crippen LogP contribution in [0.2, 0.25) is 0 Å². The minimum absolute atomic E-state index is 0.0679. The Kier molecular flexibility index (Phi) is 5.61. The molecule has 1 heterocycles. The first kappa shape index (κ1) is 15.3. The van der Waals surface area contributed by atoms with Gasteiger partial charge in [-0.3, -0.25) is 14.4 Å². The molecule has 1 unspecified atom stereocenters. The van der Waals surface area contributed by atoms with Crippen molar-refractivity contribution in [2.75, 3.05) is 12.9 Å². The van der Waals surface area contributed by atoms with Crippen LogP contribution in [0.3, 0.4) is 0 Å². The van der Waals surface area contributed by atoms with Gasteiger partial charge < -0.3 is 20.5 Å². The predicted octanol–water partition coefficient (Wildman–Crippen LogP) is -0.666. The fourth-order valence-electron chi connectivity index (χ4n) is 1.42. The summed E-state index contributed by atoms with van der Waals surface area (Å²) in [6, 6.07) is -1.92. The van der Waals surface area contributed by atoms with E-state index in [9.17, 15) is 19.2 Å². The number of aliphatic carboxylic acids is 1. The predicted molar refractivity (Wildman–Crippen MR) is 65.6 cm³/mol. The Morgan fingerprint density at radius 2 is 2.26 bits per heavy atom. The molecule has 2 atom stereocenters. The van der Waals surface area contributed by atoms with E-state index in [-0.39, 0.29) is 23.8 Å². The highest BCUT2D eigenvalue weighted by Crippen LogP contribution is 2.13. The first-order valence-corrected chi connectivity index (χ1v) is 6.46. The molecule has 3 N–H and O–H groups in total. The molecule has 0 radical (unpaired) electrons. The van der Waals surface area contributed by atoms with Crippen molar-refractivity contribution in [3.8, 4) is 0 Å². The van der Waals surface area contributed by atoms with Crippen LogP contribution in [-0.2, 0) is 19.1 Å². The third kappa shape index (κ3) is 4.78. The second-order valence-corrected chi connectivity index (χ2v) is 4.80. The van der Waals surface area contributed by atoms with Crippen molar-refractivity contribution in [3.05, 3.63) is 0 Å². The van der Waals surface area contributed by atoms with Crippen molar-refractivity contribution in [2.45, 2.75) is 24.9 Å². The number of nitrogens with one attached hydrogen (secondary N) is 2. The molecule has 0 bridgehead atoms. The SMILES string of the molecule is COC(=O)CC[C@H](NC(=O)C1CSC(=O)N1)C(=O)O. The van der Waals surface area contributed by atoms with Crippen molar-refractivity contribution in [2.24, 2.45) is 0 Å². The molecule has 1 aliphatic rings. The zero-order chi connectivity index (χ0) is 14.4. The molecule has 106 valence electrons. The fraction of sp³-hybridized carbons (Fsp3) is 0.600. The van der Waals surface area contributed by atoms with Gasteiger partial charge in [-0.15, -0.1) is 0 Å². The fourth-order valence-corrected chi connectivity index (χ4v) is 2.20. The smallest absolute Gasteiger partial charge is 0.326 e. The van der Waals surface area contributed by atoms with Gasteiger partial charge >= 0.3 is 11.9 Å². The largest absolute Gasteiger partial charge is 0.480 e. The first-order valence-electron chi connectivity index (χ1n) is 5.47. The van der Waals surface area contributed by atoms with Gasteiger partial charge in [0.25, 0.3) is 5.24 Å². The third-order valence-electron chi connectivity index (χ3n) is 2.47. The second-order valence-electron chi connectivity index (χ2n) is 3.81. The Balaban J connectivity index is 2.48. The van der Waals surface area contributed by atoms with E-state index in [1.807, 2.05) is 0 Å². The molecule has 0 aromatic carbocycles. The monoisotopic (exact) mass is 290 g/mol. The van der Waals surface area contributed by atoms with Crippen LogP contribution >= 0.6 is 11.8 Å². The van der Waals surface area contributed by atoms with Crippen LogP contribution in [-0.4, -0.2) is 53.1 Å². The molecule has 9 heteroatoms. The van der Waals surface area contributed by atoms with Gasteiger partial charge in [0, 0.05) is 12.2 Å². The number of ether oxygens (including phenoxy) is 1. The second kappa shape index (κ2) is 6.98. The molecule has 0 aromatic heterocycles. The van der Waals surface area contributed by atoms with Crippen molar-refractivity contribution in [3.63, 3.8) is 0 Å². The van der Waals surface area contributed by atoms with Crippen molar-refractivity contribution in [1.82, 2.24) is 10.6 Å². The van der Waals surface area contributed by atoms with E-state index in [4.69, 9.17) is 5.11 Å². The maximum absolute atomic E-state index is 11.7. The highest BCUT2D eigenvalue weighted by molar-refractivity contribution is 8.14. The number of hydrogen-bond donors (Lipinski definition) is 3. The summed E-state index contributed by atoms with van der Waals surface area (Å²) in [5, 5.41) is 13.3. The van der Waals surface area contributed by atoms with Gasteiger partial charge in [0.15, 0.2) is 0 Å². The summed E-state index contributed by atoms with van der Waals surface area (Å²) in [5.74, 6) is -2.11. The number of methoxy groups -OCH3 is 1. The van der Waals surface area contributed by atoms with Crippen molar-refractivity contribution in [1.29, 1.82) is 0 Å². The summed E-state index contributed by atoms with van der Waals surface area (Å²) < 4.78 is 4.39. The van der Waals surface area contributed by atoms with Gasteiger partial charge in [0.2, 0.25) is 5.91 Å². The standard InChI is InChI=1S/C10H14N2O6S/c1-18-7(13)3-2-5(9(15)16)11-8(14)6-4-19-10(17)12-6/h5-6H,2-4H2,1H3,(H,11,14)(H,12,17)(H,15,16)/t5-,6?/m0/s1. The van der Waals surface area contributed by atoms with Crippen molar-refractivity contribution < 1.29 is 29.0 Å². The number of rotatable bonds is 6. The number of carboxylic acid groups (broad SMARTS) is 1. The molecule has 1 aliphatic heterocycles. The van der Waals surface area contributed by atoms with Crippen molar-refractivity contribution >= 4 is 34.8 Å². The van der Waals surface area contributed by atoms with Gasteiger partial charge in [-0.25, -0.2) is 4.79 Å². The lowest BCUT2D eigenvalue weighted by Gasteiger charge is -2.16. The molecule has 8 nitrogen and oxygen atoms in total. The van der Waals surface area contributed by atoms with E-state index in [0.717, 1.165) is 11.8 Å². The summed E-state index contributed by atoms with van der Waals surface area (Å²) in [4.78, 5) is 44.5. The molecule has 1 fully saturated rings. The summed E-state index contributed by atoms with van der Waals surface area (Å²) in [6.45, 7) is 0. The number of amides is 2. The molecule has 19 heavy (non-hydrogen) atoms. The molecule has 1 rings (SSSR count). The van der Waals surface area contributed by atoms with Crippen LogP contribution in [0.25, 0.3) is 0 Å². The topological polar surface area (TPSA) is 122 Å². The first-order chi connectivity index (χ1) is 8.93. The Morgan fingerprint density at radius 1 is 1.58 bits per heavy atom. The molecule has 0 aliphatic carbocycles. The molecule has 0 spiro atoms. The molecule has 0 aromatic rings. The van der Waals surface area contributed by atoms with Crippen LogP contribution in [0.15, 0.2) is 0 Å². The third-order valence-corrected chi connectivity index (χ3v) is 3.35. The average molecular weight is 290 g/mol. The summed E-state index contributed by atoms with van der Waals surface area (Å²) in [6.07, 6.45) is -0.179. The molecular weight excluding hydrogens is 276 g/mol. The maximum Gasteiger partial charge on any atom is 0.326 e. The van der Waals surface area contributed by atoms with E-state index < -0.39 is 29.9 Å². The number of carbonyl (C=O) groups excluding carboxylic acids is 3. The lowest BCUT2D eigenvalue weighted by atomic mass is 10.1. The summed E-state index contributed by atoms with van der Waals surface area (Å²) in [5.41, 5.74) is 0. The van der Waals surface area contributed by atoms with Gasteiger partial charge in [-0.2, -0.15) is 0 Å². The molecule has 0 saturated carbocycles. The molecular formula is C10H14N2O6S. The van der Waals surface area contributed by atoms with E-state index in [2.05, 4.69) is 15.4 Å². The zero-order valence-electron chi connectivity index (χ0n) is 10.2. The number of esters is 1. The quantitative estimate of drug-likeness (QED) is 0.555. The van der Waals surface area contributed by atoms with Gasteiger partial charge in [-0.05, 0) is 6.42 Å². The Hall–Kier alpha value is -1.77. The zero-order valence-corrected chi connectivity index (χ0v) is 11.0. The summed E-state index contributed by atoms with van der Waals surface area (Å²) in [7, 11) is 1.20. The minimum atomic E-state index is -1.24. The molecule has 1 saturated heterocycles. The van der Waals surface area contributed by atoms with E-state index >= 15 is 0 Å². The summed E-state index contributed by atoms with van der Waals surface area (Å²) >= 11 is 0.959. The van der Waals surface area contributed by atoms with E-state index in [0.29, 0.717) is 0 Å². The highest BCUT2D eigenvalue weighted by Gasteiger charge is 2.31. The van der Waals surface area contributed by atoms with E-state index in [1.54, 1.807) is 0 Å². The number of thioether (sulfide) groups is 1. The van der Waals surface area contributed by atoms with Crippen LogP contribution in [0, 0.1) is 0 Å². The van der Waals surface area contributed by atoms with Crippen LogP contribution in [0.5, 0.6) is 0 Å². The Bertz CT molecular complexity index is 399. The lowest BCUT2D eigenvalue weighted by Crippen LogP contribution is -2.49. The minimum Gasteiger partial charge on any atom is -0.480 e. The van der Waals surface area contributed by atoms with Gasteiger partial charge in [0.1, 0.15) is 12.1 Å². The number of carbonyl (C=O) groups is 4. The van der Waals surface area contributed by atoms with Crippen LogP contribution in [0.4, 0.5) is 4.79 Å². The van der Waals surface area contributed by atoms with Crippen LogP contribution in [0.1, 0.15) is 12.8 Å². The van der Waals surface area contributed by atoms with Crippen LogP contribution < -0.4 is 10.6 Å². The highest BCUT2D eigenvalue weighted by atomic mass is 32.2. The molecule has 2 amide bonds. The maximum atomic E-state index is 11.7. The Morgan fingerprint density at radius 3 is 2.74 bits per heavy atom. The normalized spacial score (nSPS) is 19.4. The Labute approximate surface area is 113 Å².